The van der Waals surface area contributed by atoms with Crippen LogP contribution in [0.3, 0.4) is 0 Å². The number of alkyl halides is 6. The molecule has 164 valence electrons. The van der Waals surface area contributed by atoms with Gasteiger partial charge in [0.15, 0.2) is 0 Å². The van der Waals surface area contributed by atoms with Gasteiger partial charge in [-0.1, -0.05) is 0 Å². The number of carbonyl (C=O) groups is 2. The highest BCUT2D eigenvalue weighted by Crippen LogP contribution is 2.36. The van der Waals surface area contributed by atoms with E-state index in [0.29, 0.717) is 11.3 Å². The molecule has 13 heteroatoms. The molecule has 1 atom stereocenters. The fraction of sp³-hybridized carbons (Fsp3) is 0.471. The summed E-state index contributed by atoms with van der Waals surface area (Å²) in [5, 5.41) is 13.7. The van der Waals surface area contributed by atoms with Gasteiger partial charge in [-0.3, -0.25) is 0 Å². The molecule has 0 spiro atoms. The Bertz CT molecular complexity index is 790. The number of rotatable bonds is 4. The Morgan fingerprint density at radius 2 is 1.77 bits per heavy atom. The van der Waals surface area contributed by atoms with E-state index in [-0.39, 0.29) is 32.0 Å². The maximum Gasteiger partial charge on any atom is 0.434 e. The number of nitriles is 1. The molecule has 1 saturated heterocycles. The lowest BCUT2D eigenvalue weighted by Gasteiger charge is -2.25. The Labute approximate surface area is 166 Å². The van der Waals surface area contributed by atoms with Crippen molar-refractivity contribution in [3.63, 3.8) is 0 Å². The molecule has 1 fully saturated rings. The van der Waals surface area contributed by atoms with Crippen LogP contribution in [-0.2, 0) is 4.74 Å². The highest BCUT2D eigenvalue weighted by molar-refractivity contribution is 5.89. The van der Waals surface area contributed by atoms with E-state index in [4.69, 9.17) is 5.26 Å². The van der Waals surface area contributed by atoms with Crippen molar-refractivity contribution in [3.8, 4) is 6.07 Å². The molecule has 2 N–H and O–H groups in total. The van der Waals surface area contributed by atoms with Crippen molar-refractivity contribution in [2.45, 2.75) is 24.9 Å². The molecule has 0 radical (unpaired) electrons. The van der Waals surface area contributed by atoms with E-state index in [9.17, 15) is 35.9 Å². The second kappa shape index (κ2) is 9.10. The number of ether oxygens (including phenoxy) is 1. The van der Waals surface area contributed by atoms with Gasteiger partial charge >= 0.3 is 24.5 Å². The van der Waals surface area contributed by atoms with Crippen molar-refractivity contribution in [1.29, 1.82) is 5.26 Å². The number of nitrogens with zero attached hydrogens (tertiary/aromatic N) is 2. The predicted octanol–water partition coefficient (Wildman–Crippen LogP) is 3.63. The minimum absolute atomic E-state index is 0.0356. The first-order valence-electron chi connectivity index (χ1n) is 8.54. The number of urea groups is 1. The standard InChI is InChI=1S/C17H16F6N4O3/c18-16(19,20)13(17(21,22)23)30-15(29)27-6-5-11(9-27)8-25-14(28)26-12-3-1-10(7-24)2-4-12/h1-4,11,13H,5-6,8-9H2,(H2,25,26,28). The zero-order valence-corrected chi connectivity index (χ0v) is 15.2. The first kappa shape index (κ1) is 23.1. The van der Waals surface area contributed by atoms with Gasteiger partial charge in [0, 0.05) is 25.3 Å². The monoisotopic (exact) mass is 438 g/mol. The van der Waals surface area contributed by atoms with Crippen LogP contribution in [0.1, 0.15) is 12.0 Å². The van der Waals surface area contributed by atoms with Crippen molar-refractivity contribution in [1.82, 2.24) is 10.2 Å². The Kier molecular flexibility index (Phi) is 7.01. The largest absolute Gasteiger partial charge is 0.434 e. The van der Waals surface area contributed by atoms with E-state index < -0.39 is 30.6 Å². The van der Waals surface area contributed by atoms with Crippen molar-refractivity contribution >= 4 is 17.8 Å². The maximum absolute atomic E-state index is 12.5. The number of nitrogens with one attached hydrogen (secondary N) is 2. The third-order valence-corrected chi connectivity index (χ3v) is 4.18. The summed E-state index contributed by atoms with van der Waals surface area (Å²) in [6.07, 6.45) is -17.2. The van der Waals surface area contributed by atoms with Gasteiger partial charge in [-0.15, -0.1) is 0 Å². The lowest BCUT2D eigenvalue weighted by Crippen LogP contribution is -2.48. The van der Waals surface area contributed by atoms with Crippen molar-refractivity contribution < 1.29 is 40.7 Å². The number of benzene rings is 1. The fourth-order valence-corrected chi connectivity index (χ4v) is 2.70. The van der Waals surface area contributed by atoms with E-state index in [1.807, 2.05) is 6.07 Å². The molecular formula is C17H16F6N4O3. The predicted molar refractivity (Wildman–Crippen MR) is 90.2 cm³/mol. The number of amides is 3. The van der Waals surface area contributed by atoms with E-state index in [1.165, 1.54) is 24.3 Å². The molecule has 0 saturated carbocycles. The van der Waals surface area contributed by atoms with Gasteiger partial charge in [0.1, 0.15) is 0 Å². The average Bonchev–Trinajstić information content (AvgIpc) is 3.12. The molecule has 1 aromatic rings. The summed E-state index contributed by atoms with van der Waals surface area (Å²) in [6, 6.07) is 7.30. The minimum Gasteiger partial charge on any atom is -0.426 e. The van der Waals surface area contributed by atoms with Crippen LogP contribution in [0.2, 0.25) is 0 Å². The Balaban J connectivity index is 1.81. The number of halogens is 6. The second-order valence-electron chi connectivity index (χ2n) is 6.47. The first-order chi connectivity index (χ1) is 13.9. The van der Waals surface area contributed by atoms with Crippen LogP contribution in [0.25, 0.3) is 0 Å². The van der Waals surface area contributed by atoms with Crippen molar-refractivity contribution in [2.24, 2.45) is 5.92 Å². The summed E-state index contributed by atoms with van der Waals surface area (Å²) in [5.41, 5.74) is 0.811. The lowest BCUT2D eigenvalue weighted by atomic mass is 10.1. The fourth-order valence-electron chi connectivity index (χ4n) is 2.70. The highest BCUT2D eigenvalue weighted by atomic mass is 19.4. The van der Waals surface area contributed by atoms with E-state index in [1.54, 1.807) is 0 Å². The summed E-state index contributed by atoms with van der Waals surface area (Å²) in [7, 11) is 0. The number of carbonyl (C=O) groups excluding carboxylic acids is 2. The average molecular weight is 438 g/mol. The molecule has 1 heterocycles. The summed E-state index contributed by atoms with van der Waals surface area (Å²) >= 11 is 0. The number of hydrogen-bond acceptors (Lipinski definition) is 4. The van der Waals surface area contributed by atoms with Crippen molar-refractivity contribution in [2.75, 3.05) is 25.0 Å². The Hall–Kier alpha value is -3.17. The van der Waals surface area contributed by atoms with Crippen LogP contribution < -0.4 is 10.6 Å². The molecule has 1 aliphatic heterocycles. The second-order valence-corrected chi connectivity index (χ2v) is 6.47. The van der Waals surface area contributed by atoms with Crippen LogP contribution in [0.4, 0.5) is 41.6 Å². The maximum atomic E-state index is 12.5. The number of hydrogen-bond donors (Lipinski definition) is 2. The third kappa shape index (κ3) is 6.43. The smallest absolute Gasteiger partial charge is 0.426 e. The molecule has 1 aliphatic rings. The van der Waals surface area contributed by atoms with Gasteiger partial charge in [0.25, 0.3) is 6.10 Å². The van der Waals surface area contributed by atoms with Gasteiger partial charge in [-0.05, 0) is 36.6 Å². The quantitative estimate of drug-likeness (QED) is 0.702. The summed E-state index contributed by atoms with van der Waals surface area (Å²) < 4.78 is 78.6. The minimum atomic E-state index is -5.78. The summed E-state index contributed by atoms with van der Waals surface area (Å²) in [5.74, 6) is -0.375. The molecule has 30 heavy (non-hydrogen) atoms. The summed E-state index contributed by atoms with van der Waals surface area (Å²) in [4.78, 5) is 24.3. The molecular weight excluding hydrogens is 422 g/mol. The van der Waals surface area contributed by atoms with Gasteiger partial charge in [0.2, 0.25) is 0 Å². The molecule has 1 aromatic carbocycles. The van der Waals surface area contributed by atoms with Crippen LogP contribution >= 0.6 is 0 Å². The SMILES string of the molecule is N#Cc1ccc(NC(=O)NCC2CCN(C(=O)OC(C(F)(F)F)C(F)(F)F)C2)cc1. The molecule has 7 nitrogen and oxygen atoms in total. The van der Waals surface area contributed by atoms with Crippen LogP contribution in [0.5, 0.6) is 0 Å². The zero-order chi connectivity index (χ0) is 22.5. The summed E-state index contributed by atoms with van der Waals surface area (Å²) in [6.45, 7) is -0.239. The number of likely N-dealkylation sites (tertiary alicyclic amines) is 1. The molecule has 0 bridgehead atoms. The normalized spacial score (nSPS) is 16.9. The first-order valence-corrected chi connectivity index (χ1v) is 8.54. The van der Waals surface area contributed by atoms with Gasteiger partial charge < -0.3 is 20.3 Å². The topological polar surface area (TPSA) is 94.5 Å². The van der Waals surface area contributed by atoms with Crippen LogP contribution in [-0.4, -0.2) is 55.1 Å². The number of anilines is 1. The van der Waals surface area contributed by atoms with Crippen LogP contribution in [0.15, 0.2) is 24.3 Å². The van der Waals surface area contributed by atoms with E-state index in [0.717, 1.165) is 4.90 Å². The Morgan fingerprint density at radius 1 is 1.17 bits per heavy atom. The Morgan fingerprint density at radius 3 is 2.30 bits per heavy atom. The molecule has 2 rings (SSSR count). The van der Waals surface area contributed by atoms with E-state index in [2.05, 4.69) is 15.4 Å². The molecule has 1 unspecified atom stereocenters. The van der Waals surface area contributed by atoms with Crippen LogP contribution in [0, 0.1) is 17.2 Å². The highest BCUT2D eigenvalue weighted by Gasteiger charge is 2.60. The zero-order valence-electron chi connectivity index (χ0n) is 15.2. The molecule has 0 aliphatic carbocycles. The molecule has 0 aromatic heterocycles. The van der Waals surface area contributed by atoms with Crippen molar-refractivity contribution in [3.05, 3.63) is 29.8 Å². The third-order valence-electron chi connectivity index (χ3n) is 4.18. The molecule has 3 amide bonds. The lowest BCUT2D eigenvalue weighted by molar-refractivity contribution is -0.308. The van der Waals surface area contributed by atoms with Gasteiger partial charge in [-0.25, -0.2) is 9.59 Å². The van der Waals surface area contributed by atoms with E-state index >= 15 is 0 Å². The van der Waals surface area contributed by atoms with Gasteiger partial charge in [0.05, 0.1) is 11.6 Å². The van der Waals surface area contributed by atoms with Gasteiger partial charge in [-0.2, -0.15) is 31.6 Å².